The predicted octanol–water partition coefficient (Wildman–Crippen LogP) is 5.21. The molecule has 0 heterocycles. The molecule has 0 spiro atoms. The molecular weight excluding hydrogens is 424 g/mol. The van der Waals surface area contributed by atoms with Crippen molar-refractivity contribution >= 4 is 34.2 Å². The highest BCUT2D eigenvalue weighted by molar-refractivity contribution is 6.31. The summed E-state index contributed by atoms with van der Waals surface area (Å²) in [6.45, 7) is 4.42. The number of hydrogen-bond donors (Lipinski definition) is 1. The normalized spacial score (nSPS) is 11.7. The summed E-state index contributed by atoms with van der Waals surface area (Å²) in [7, 11) is 0. The zero-order valence-corrected chi connectivity index (χ0v) is 19.3. The second-order valence-electron chi connectivity index (χ2n) is 7.70. The molecule has 0 saturated carbocycles. The first kappa shape index (κ1) is 23.6. The van der Waals surface area contributed by atoms with E-state index in [1.54, 1.807) is 13.0 Å². The highest BCUT2D eigenvalue weighted by Gasteiger charge is 2.27. The molecule has 3 rings (SSSR count). The Morgan fingerprint density at radius 3 is 2.53 bits per heavy atom. The van der Waals surface area contributed by atoms with Crippen LogP contribution >= 0.6 is 11.6 Å². The van der Waals surface area contributed by atoms with Gasteiger partial charge in [0.15, 0.2) is 6.61 Å². The molecular formula is C26H29ClN2O3. The highest BCUT2D eigenvalue weighted by atomic mass is 35.5. The van der Waals surface area contributed by atoms with Crippen molar-refractivity contribution in [1.29, 1.82) is 0 Å². The number of unbranched alkanes of at least 4 members (excludes halogenated alkanes) is 1. The maximum atomic E-state index is 13.2. The van der Waals surface area contributed by atoms with E-state index in [1.165, 1.54) is 4.90 Å². The molecule has 0 aliphatic rings. The van der Waals surface area contributed by atoms with E-state index in [9.17, 15) is 9.59 Å². The molecule has 5 nitrogen and oxygen atoms in total. The predicted molar refractivity (Wildman–Crippen MR) is 129 cm³/mol. The molecule has 0 radical (unpaired) electrons. The van der Waals surface area contributed by atoms with Crippen molar-refractivity contribution in [2.24, 2.45) is 0 Å². The van der Waals surface area contributed by atoms with Gasteiger partial charge in [0.2, 0.25) is 5.91 Å². The van der Waals surface area contributed by atoms with E-state index in [2.05, 4.69) is 12.2 Å². The van der Waals surface area contributed by atoms with Crippen molar-refractivity contribution in [1.82, 2.24) is 10.2 Å². The molecule has 2 amide bonds. The van der Waals surface area contributed by atoms with Crippen molar-refractivity contribution < 1.29 is 14.3 Å². The number of ether oxygens (including phenoxy) is 1. The van der Waals surface area contributed by atoms with E-state index in [0.29, 0.717) is 17.3 Å². The fraction of sp³-hybridized carbons (Fsp3) is 0.308. The van der Waals surface area contributed by atoms with E-state index in [1.807, 2.05) is 60.7 Å². The first-order valence-electron chi connectivity index (χ1n) is 10.9. The van der Waals surface area contributed by atoms with Gasteiger partial charge in [-0.25, -0.2) is 0 Å². The average Bonchev–Trinajstić information content (AvgIpc) is 2.81. The first-order valence-corrected chi connectivity index (χ1v) is 11.3. The Kier molecular flexibility index (Phi) is 8.51. The fourth-order valence-corrected chi connectivity index (χ4v) is 3.67. The molecule has 0 aliphatic heterocycles. The number of carbonyl (C=O) groups excluding carboxylic acids is 2. The molecule has 168 valence electrons. The maximum absolute atomic E-state index is 13.2. The van der Waals surface area contributed by atoms with Gasteiger partial charge in [0.05, 0.1) is 0 Å². The molecule has 3 aromatic rings. The van der Waals surface area contributed by atoms with E-state index in [-0.39, 0.29) is 25.0 Å². The molecule has 3 aromatic carbocycles. The summed E-state index contributed by atoms with van der Waals surface area (Å²) in [6.07, 6.45) is 1.87. The van der Waals surface area contributed by atoms with Gasteiger partial charge < -0.3 is 15.0 Å². The molecule has 0 aromatic heterocycles. The minimum atomic E-state index is -0.660. The second kappa shape index (κ2) is 11.5. The standard InChI is InChI=1S/C26H29ClN2O3/c1-3-4-16-28-26(31)19(2)29(17-21-11-6-8-14-23(21)27)25(30)18-32-24-15-9-12-20-10-5-7-13-22(20)24/h5-15,19H,3-4,16-18H2,1-2H3,(H,28,31). The van der Waals surface area contributed by atoms with Gasteiger partial charge in [0, 0.05) is 23.5 Å². The number of hydrogen-bond acceptors (Lipinski definition) is 3. The number of benzene rings is 3. The largest absolute Gasteiger partial charge is 0.483 e. The SMILES string of the molecule is CCCCNC(=O)C(C)N(Cc1ccccc1Cl)C(=O)COc1cccc2ccccc12. The van der Waals surface area contributed by atoms with Gasteiger partial charge in [-0.2, -0.15) is 0 Å². The summed E-state index contributed by atoms with van der Waals surface area (Å²) in [5, 5.41) is 5.44. The van der Waals surface area contributed by atoms with Crippen LogP contribution in [-0.4, -0.2) is 35.9 Å². The van der Waals surface area contributed by atoms with Crippen LogP contribution < -0.4 is 10.1 Å². The van der Waals surface area contributed by atoms with E-state index in [4.69, 9.17) is 16.3 Å². The van der Waals surface area contributed by atoms with Crippen LogP contribution in [0.3, 0.4) is 0 Å². The van der Waals surface area contributed by atoms with Crippen molar-refractivity contribution in [3.05, 3.63) is 77.3 Å². The average molecular weight is 453 g/mol. The van der Waals surface area contributed by atoms with E-state index < -0.39 is 6.04 Å². The fourth-order valence-electron chi connectivity index (χ4n) is 3.47. The zero-order chi connectivity index (χ0) is 22.9. The topological polar surface area (TPSA) is 58.6 Å². The zero-order valence-electron chi connectivity index (χ0n) is 18.5. The summed E-state index contributed by atoms with van der Waals surface area (Å²) in [6, 6.07) is 20.3. The Morgan fingerprint density at radius 1 is 1.03 bits per heavy atom. The molecule has 32 heavy (non-hydrogen) atoms. The summed E-state index contributed by atoms with van der Waals surface area (Å²) in [4.78, 5) is 27.5. The van der Waals surface area contributed by atoms with Crippen LogP contribution in [0.15, 0.2) is 66.7 Å². The molecule has 1 N–H and O–H groups in total. The monoisotopic (exact) mass is 452 g/mol. The number of carbonyl (C=O) groups is 2. The summed E-state index contributed by atoms with van der Waals surface area (Å²) < 4.78 is 5.90. The van der Waals surface area contributed by atoms with Gasteiger partial charge in [-0.15, -0.1) is 0 Å². The number of rotatable bonds is 10. The minimum Gasteiger partial charge on any atom is -0.483 e. The first-order chi connectivity index (χ1) is 15.5. The third-order valence-corrected chi connectivity index (χ3v) is 5.76. The summed E-state index contributed by atoms with van der Waals surface area (Å²) in [5.74, 6) is 0.161. The van der Waals surface area contributed by atoms with E-state index >= 15 is 0 Å². The smallest absolute Gasteiger partial charge is 0.261 e. The lowest BCUT2D eigenvalue weighted by atomic mass is 10.1. The maximum Gasteiger partial charge on any atom is 0.261 e. The van der Waals surface area contributed by atoms with Crippen molar-refractivity contribution in [2.45, 2.75) is 39.3 Å². The van der Waals surface area contributed by atoms with Gasteiger partial charge >= 0.3 is 0 Å². The Bertz CT molecular complexity index is 1060. The quantitative estimate of drug-likeness (QED) is 0.430. The van der Waals surface area contributed by atoms with Crippen LogP contribution in [0.5, 0.6) is 5.75 Å². The van der Waals surface area contributed by atoms with Crippen LogP contribution in [-0.2, 0) is 16.1 Å². The molecule has 0 fully saturated rings. The van der Waals surface area contributed by atoms with Crippen LogP contribution in [0.4, 0.5) is 0 Å². The Balaban J connectivity index is 1.77. The van der Waals surface area contributed by atoms with E-state index in [0.717, 1.165) is 29.2 Å². The summed E-state index contributed by atoms with van der Waals surface area (Å²) >= 11 is 6.33. The molecule has 1 unspecified atom stereocenters. The van der Waals surface area contributed by atoms with Gasteiger partial charge in [-0.3, -0.25) is 9.59 Å². The second-order valence-corrected chi connectivity index (χ2v) is 8.11. The third-order valence-electron chi connectivity index (χ3n) is 5.40. The minimum absolute atomic E-state index is 0.176. The highest BCUT2D eigenvalue weighted by Crippen LogP contribution is 2.25. The van der Waals surface area contributed by atoms with Crippen molar-refractivity contribution in [2.75, 3.05) is 13.2 Å². The van der Waals surface area contributed by atoms with Crippen LogP contribution in [0.1, 0.15) is 32.3 Å². The molecule has 0 saturated heterocycles. The van der Waals surface area contributed by atoms with Crippen LogP contribution in [0.25, 0.3) is 10.8 Å². The Morgan fingerprint density at radius 2 is 1.75 bits per heavy atom. The molecule has 0 bridgehead atoms. The summed E-state index contributed by atoms with van der Waals surface area (Å²) in [5.41, 5.74) is 0.779. The number of halogens is 1. The van der Waals surface area contributed by atoms with Gasteiger partial charge in [-0.1, -0.05) is 79.5 Å². The van der Waals surface area contributed by atoms with Gasteiger partial charge in [0.1, 0.15) is 11.8 Å². The number of amides is 2. The molecule has 1 atom stereocenters. The number of fused-ring (bicyclic) bond motifs is 1. The Labute approximate surface area is 194 Å². The molecule has 0 aliphatic carbocycles. The lowest BCUT2D eigenvalue weighted by Gasteiger charge is -2.29. The van der Waals surface area contributed by atoms with Crippen LogP contribution in [0.2, 0.25) is 5.02 Å². The lowest BCUT2D eigenvalue weighted by molar-refractivity contribution is -0.142. The van der Waals surface area contributed by atoms with Crippen LogP contribution in [0, 0.1) is 0 Å². The molecule has 6 heteroatoms. The van der Waals surface area contributed by atoms with Crippen molar-refractivity contribution in [3.8, 4) is 5.75 Å². The van der Waals surface area contributed by atoms with Gasteiger partial charge in [0.25, 0.3) is 5.91 Å². The lowest BCUT2D eigenvalue weighted by Crippen LogP contribution is -2.49. The Hall–Kier alpha value is -3.05. The van der Waals surface area contributed by atoms with Gasteiger partial charge in [-0.05, 0) is 36.4 Å². The van der Waals surface area contributed by atoms with Crippen molar-refractivity contribution in [3.63, 3.8) is 0 Å². The number of nitrogens with zero attached hydrogens (tertiary/aromatic N) is 1. The third kappa shape index (κ3) is 6.01. The number of nitrogens with one attached hydrogen (secondary N) is 1.